The SMILES string of the molecule is C[I-]CC(C)(C)C(=O)NC(C=PNC(C)(C)CCOC(C)(C)C)CCCCNC(=O)C1CC/C=C/CCC1. The molecule has 0 aromatic rings. The Bertz CT molecular complexity index is 762. The Kier molecular flexibility index (Phi) is 16.9. The summed E-state index contributed by atoms with van der Waals surface area (Å²) in [7, 11) is 1.01. The maximum absolute atomic E-state index is 13.1. The van der Waals surface area contributed by atoms with Gasteiger partial charge in [-0.2, -0.15) is 0 Å². The Hall–Kier alpha value is -0.500. The molecule has 38 heavy (non-hydrogen) atoms. The van der Waals surface area contributed by atoms with Crippen LogP contribution in [0.3, 0.4) is 0 Å². The number of nitrogens with one attached hydrogen (secondary N) is 3. The molecule has 0 spiro atoms. The second kappa shape index (κ2) is 18.0. The summed E-state index contributed by atoms with van der Waals surface area (Å²) in [6.07, 6.45) is 13.2. The summed E-state index contributed by atoms with van der Waals surface area (Å²) < 4.78 is 6.88. The molecule has 3 N–H and O–H groups in total. The molecule has 0 aliphatic heterocycles. The Morgan fingerprint density at radius 1 is 1.08 bits per heavy atom. The number of unbranched alkanes of at least 4 members (excludes halogenated alkanes) is 1. The quantitative estimate of drug-likeness (QED) is 0.0781. The van der Waals surface area contributed by atoms with E-state index in [0.29, 0.717) is 13.2 Å². The molecule has 0 aromatic carbocycles. The van der Waals surface area contributed by atoms with Gasteiger partial charge in [-0.05, 0) is 52.9 Å². The predicted octanol–water partition coefficient (Wildman–Crippen LogP) is 2.88. The van der Waals surface area contributed by atoms with E-state index in [1.165, 1.54) is 0 Å². The molecule has 1 aliphatic carbocycles. The van der Waals surface area contributed by atoms with E-state index in [4.69, 9.17) is 4.74 Å². The molecule has 0 fully saturated rings. The summed E-state index contributed by atoms with van der Waals surface area (Å²) >= 11 is 0.0424. The van der Waals surface area contributed by atoms with Gasteiger partial charge in [0, 0.05) is 0 Å². The van der Waals surface area contributed by atoms with E-state index in [2.05, 4.69) is 87.1 Å². The predicted molar refractivity (Wildman–Crippen MR) is 160 cm³/mol. The first-order valence-corrected chi connectivity index (χ1v) is 19.0. The number of amides is 2. The number of alkyl halides is 2. The van der Waals surface area contributed by atoms with Gasteiger partial charge in [0.15, 0.2) is 0 Å². The van der Waals surface area contributed by atoms with E-state index in [-0.39, 0.29) is 61.5 Å². The number of hydrogen-bond donors (Lipinski definition) is 3. The Morgan fingerprint density at radius 2 is 1.79 bits per heavy atom. The summed E-state index contributed by atoms with van der Waals surface area (Å²) in [5.41, 5.74) is -0.529. The minimum atomic E-state index is -0.331. The van der Waals surface area contributed by atoms with Crippen LogP contribution < -0.4 is 36.9 Å². The smallest absolute Gasteiger partial charge is 0.0885 e. The molecule has 222 valence electrons. The van der Waals surface area contributed by atoms with E-state index in [0.717, 1.165) is 70.6 Å². The van der Waals surface area contributed by atoms with Crippen LogP contribution in [-0.2, 0) is 14.3 Å². The molecule has 0 saturated heterocycles. The van der Waals surface area contributed by atoms with Gasteiger partial charge in [0.1, 0.15) is 0 Å². The van der Waals surface area contributed by atoms with E-state index in [1.54, 1.807) is 0 Å². The Labute approximate surface area is 245 Å². The average molecular weight is 665 g/mol. The van der Waals surface area contributed by atoms with Crippen molar-refractivity contribution >= 4 is 26.0 Å². The summed E-state index contributed by atoms with van der Waals surface area (Å²) in [6, 6.07) is 0.000665. The van der Waals surface area contributed by atoms with Crippen LogP contribution in [0.15, 0.2) is 12.2 Å². The van der Waals surface area contributed by atoms with Gasteiger partial charge in [-0.3, -0.25) is 0 Å². The molecule has 0 radical (unpaired) electrons. The van der Waals surface area contributed by atoms with E-state index in [1.807, 2.05) is 0 Å². The molecule has 2 unspecified atom stereocenters. The van der Waals surface area contributed by atoms with Gasteiger partial charge < -0.3 is 0 Å². The number of hydrogen-bond acceptors (Lipinski definition) is 4. The zero-order valence-corrected chi connectivity index (χ0v) is 28.5. The third kappa shape index (κ3) is 16.6. The normalized spacial score (nSPS) is 19.1. The molecule has 0 heterocycles. The first-order chi connectivity index (χ1) is 17.8. The molecular weight excluding hydrogens is 608 g/mol. The standard InChI is InChI=1S/C30H56IN3O3P/c1-28(2,3)37-21-19-30(6,7)34-38-22-25(33-27(36)29(4,5)23-31-8)18-14-15-20-32-26(35)24-16-12-10-9-11-13-17-24/h9-10,22,24-25,34H,11-21,23H2,1-8H3,(H,32,35)(H,33,36)/q-1/b10-9+. The van der Waals surface area contributed by atoms with Crippen LogP contribution in [0.25, 0.3) is 0 Å². The van der Waals surface area contributed by atoms with Crippen molar-refractivity contribution in [2.45, 2.75) is 123 Å². The average Bonchev–Trinajstić information content (AvgIpc) is 2.77. The fourth-order valence-corrected chi connectivity index (χ4v) is 7.37. The molecule has 1 rings (SSSR count). The van der Waals surface area contributed by atoms with Crippen molar-refractivity contribution in [2.24, 2.45) is 11.3 Å². The van der Waals surface area contributed by atoms with Gasteiger partial charge in [-0.15, -0.1) is 0 Å². The van der Waals surface area contributed by atoms with Crippen LogP contribution in [-0.4, -0.2) is 57.3 Å². The molecule has 2 atom stereocenters. The molecule has 2 amide bonds. The second-order valence-electron chi connectivity index (χ2n) is 12.8. The minimum Gasteiger partial charge on any atom is -0.0885 e. The monoisotopic (exact) mass is 664 g/mol. The topological polar surface area (TPSA) is 79.5 Å². The molecule has 6 nitrogen and oxygen atoms in total. The third-order valence-electron chi connectivity index (χ3n) is 6.67. The van der Waals surface area contributed by atoms with Gasteiger partial charge in [0.25, 0.3) is 0 Å². The first-order valence-electron chi connectivity index (χ1n) is 14.4. The Morgan fingerprint density at radius 3 is 2.47 bits per heavy atom. The zero-order valence-electron chi connectivity index (χ0n) is 25.4. The Balaban J connectivity index is 2.60. The summed E-state index contributed by atoms with van der Waals surface area (Å²) in [4.78, 5) is 27.9. The van der Waals surface area contributed by atoms with Crippen LogP contribution in [0.1, 0.15) is 106 Å². The van der Waals surface area contributed by atoms with Crippen molar-refractivity contribution in [1.82, 2.24) is 15.7 Å². The molecular formula is C30H56IN3O3P-. The van der Waals surface area contributed by atoms with E-state index in [9.17, 15) is 9.59 Å². The molecule has 8 heteroatoms. The number of allylic oxidation sites excluding steroid dienone is 2. The number of carbonyl (C=O) groups is 2. The van der Waals surface area contributed by atoms with Gasteiger partial charge in [0.05, 0.1) is 5.60 Å². The fourth-order valence-electron chi connectivity index (χ4n) is 4.18. The number of rotatable bonds is 16. The van der Waals surface area contributed by atoms with Crippen molar-refractivity contribution in [1.29, 1.82) is 0 Å². The van der Waals surface area contributed by atoms with Crippen LogP contribution in [0, 0.1) is 11.3 Å². The van der Waals surface area contributed by atoms with E-state index < -0.39 is 0 Å². The molecule has 0 aromatic heterocycles. The molecule has 1 aliphatic rings. The van der Waals surface area contributed by atoms with Gasteiger partial charge in [-0.1, -0.05) is 12.2 Å². The third-order valence-corrected chi connectivity index (χ3v) is 10.6. The number of carbonyl (C=O) groups excluding carboxylic acids is 2. The van der Waals surface area contributed by atoms with Crippen LogP contribution in [0.2, 0.25) is 0 Å². The fraction of sp³-hybridized carbons (Fsp3) is 0.833. The van der Waals surface area contributed by atoms with Crippen LogP contribution in [0.4, 0.5) is 0 Å². The van der Waals surface area contributed by atoms with Crippen LogP contribution >= 0.6 is 8.35 Å². The summed E-state index contributed by atoms with van der Waals surface area (Å²) in [5, 5.41) is 10.1. The van der Waals surface area contributed by atoms with Gasteiger partial charge in [-0.25, -0.2) is 0 Å². The first kappa shape index (κ1) is 35.5. The van der Waals surface area contributed by atoms with E-state index >= 15 is 0 Å². The van der Waals surface area contributed by atoms with Crippen molar-refractivity contribution in [2.75, 3.05) is 22.5 Å². The van der Waals surface area contributed by atoms with Crippen LogP contribution in [0.5, 0.6) is 0 Å². The number of halogens is 1. The molecule has 0 saturated carbocycles. The summed E-state index contributed by atoms with van der Waals surface area (Å²) in [5.74, 6) is 2.68. The second-order valence-corrected chi connectivity index (χ2v) is 15.9. The van der Waals surface area contributed by atoms with Crippen molar-refractivity contribution in [3.05, 3.63) is 12.2 Å². The van der Waals surface area contributed by atoms with Gasteiger partial charge in [0.2, 0.25) is 0 Å². The van der Waals surface area contributed by atoms with Crippen molar-refractivity contribution in [3.8, 4) is 0 Å². The maximum atomic E-state index is 13.1. The van der Waals surface area contributed by atoms with Crippen molar-refractivity contribution < 1.29 is 35.5 Å². The zero-order chi connectivity index (χ0) is 28.7. The minimum absolute atomic E-state index is 0.000665. The number of ether oxygens (including phenoxy) is 1. The molecule has 0 bridgehead atoms. The summed E-state index contributed by atoms with van der Waals surface area (Å²) in [6.45, 7) is 16.1. The van der Waals surface area contributed by atoms with Crippen molar-refractivity contribution in [3.63, 3.8) is 0 Å². The van der Waals surface area contributed by atoms with Gasteiger partial charge >= 0.3 is 176 Å².